The third kappa shape index (κ3) is 9.50. The molecule has 2 aliphatic heterocycles. The van der Waals surface area contributed by atoms with E-state index in [0.717, 1.165) is 58.9 Å². The Hall–Kier alpha value is -6.16. The summed E-state index contributed by atoms with van der Waals surface area (Å²) < 4.78 is 56.6. The summed E-state index contributed by atoms with van der Waals surface area (Å²) in [6.45, 7) is 5.89. The van der Waals surface area contributed by atoms with Gasteiger partial charge in [0.15, 0.2) is 60.2 Å². The van der Waals surface area contributed by atoms with Crippen LogP contribution in [0.25, 0.3) is 22.3 Å². The first kappa shape index (κ1) is 43.0. The SMILES string of the molecule is CC(=O)OC1C(C)OC(OCC2OC(Oc3c(-c4ccc(O)c(O)c4)oc4cc(O)cc(O)c4c3=O)C(O)C(OC(C)=O)C2OC(C)=O)C(OC(C)=O)C1OC(C)=O. The van der Waals surface area contributed by atoms with E-state index >= 15 is 0 Å². The Kier molecular flexibility index (Phi) is 13.0. The van der Waals surface area contributed by atoms with Gasteiger partial charge in [-0.1, -0.05) is 0 Å². The van der Waals surface area contributed by atoms with Crippen LogP contribution in [-0.2, 0) is 61.9 Å². The second kappa shape index (κ2) is 17.5. The van der Waals surface area contributed by atoms with E-state index in [1.807, 2.05) is 0 Å². The van der Waals surface area contributed by atoms with Crippen LogP contribution in [0, 0.1) is 0 Å². The van der Waals surface area contributed by atoms with E-state index in [4.69, 9.17) is 47.0 Å². The fraction of sp³-hybridized carbons (Fsp3) is 0.459. The van der Waals surface area contributed by atoms with E-state index < -0.39 is 143 Å². The molecule has 0 aliphatic carbocycles. The van der Waals surface area contributed by atoms with Crippen molar-refractivity contribution < 1.29 is 96.6 Å². The Labute approximate surface area is 327 Å². The molecule has 58 heavy (non-hydrogen) atoms. The lowest BCUT2D eigenvalue weighted by molar-refractivity contribution is -0.322. The third-order valence-corrected chi connectivity index (χ3v) is 8.67. The van der Waals surface area contributed by atoms with Crippen LogP contribution in [0.4, 0.5) is 0 Å². The van der Waals surface area contributed by atoms with E-state index in [9.17, 15) is 54.3 Å². The molecule has 1 aromatic heterocycles. The highest BCUT2D eigenvalue weighted by Crippen LogP contribution is 2.40. The minimum Gasteiger partial charge on any atom is -0.508 e. The Morgan fingerprint density at radius 3 is 1.83 bits per heavy atom. The lowest BCUT2D eigenvalue weighted by Crippen LogP contribution is -2.64. The van der Waals surface area contributed by atoms with Crippen molar-refractivity contribution in [3.63, 3.8) is 0 Å². The van der Waals surface area contributed by atoms with Crippen LogP contribution in [0.5, 0.6) is 28.7 Å². The number of hydrogen-bond donors (Lipinski definition) is 5. The van der Waals surface area contributed by atoms with Crippen molar-refractivity contribution in [1.82, 2.24) is 0 Å². The molecule has 2 aliphatic rings. The number of aliphatic hydroxyl groups is 1. The first-order valence-electron chi connectivity index (χ1n) is 17.4. The molecule has 5 N–H and O–H groups in total. The van der Waals surface area contributed by atoms with Crippen molar-refractivity contribution in [3.8, 4) is 40.1 Å². The van der Waals surface area contributed by atoms with Crippen LogP contribution >= 0.6 is 0 Å². The molecule has 0 radical (unpaired) electrons. The summed E-state index contributed by atoms with van der Waals surface area (Å²) in [7, 11) is 0. The van der Waals surface area contributed by atoms with Gasteiger partial charge in [0.2, 0.25) is 17.5 Å². The van der Waals surface area contributed by atoms with Crippen LogP contribution in [0.15, 0.2) is 39.5 Å². The maximum absolute atomic E-state index is 14.0. The van der Waals surface area contributed by atoms with Crippen molar-refractivity contribution in [1.29, 1.82) is 0 Å². The monoisotopic (exact) mass is 820 g/mol. The maximum Gasteiger partial charge on any atom is 0.303 e. The summed E-state index contributed by atoms with van der Waals surface area (Å²) in [6.07, 6.45) is -16.2. The minimum absolute atomic E-state index is 0.0962. The minimum atomic E-state index is -2.06. The lowest BCUT2D eigenvalue weighted by Gasteiger charge is -2.45. The summed E-state index contributed by atoms with van der Waals surface area (Å²) in [6, 6.07) is 5.09. The number of esters is 5. The van der Waals surface area contributed by atoms with Crippen molar-refractivity contribution in [2.45, 2.75) is 103 Å². The van der Waals surface area contributed by atoms with E-state index in [1.165, 1.54) is 13.0 Å². The number of rotatable bonds is 11. The molecule has 2 fully saturated rings. The van der Waals surface area contributed by atoms with Gasteiger partial charge in [-0.3, -0.25) is 28.8 Å². The number of fused-ring (bicyclic) bond motifs is 1. The summed E-state index contributed by atoms with van der Waals surface area (Å²) in [5, 5.41) is 52.0. The van der Waals surface area contributed by atoms with Gasteiger partial charge >= 0.3 is 29.8 Å². The van der Waals surface area contributed by atoms with Gasteiger partial charge < -0.3 is 72.6 Å². The maximum atomic E-state index is 14.0. The number of carbonyl (C=O) groups excluding carboxylic acids is 5. The number of hydrogen-bond acceptors (Lipinski definition) is 21. The Balaban J connectivity index is 1.57. The third-order valence-electron chi connectivity index (χ3n) is 8.67. The number of carbonyl (C=O) groups is 5. The highest BCUT2D eigenvalue weighted by Gasteiger charge is 2.54. The number of aliphatic hydroxyl groups excluding tert-OH is 1. The summed E-state index contributed by atoms with van der Waals surface area (Å²) in [5.74, 6) is -8.11. The largest absolute Gasteiger partial charge is 0.508 e. The van der Waals surface area contributed by atoms with Crippen LogP contribution in [-0.4, -0.2) is 123 Å². The van der Waals surface area contributed by atoms with E-state index in [-0.39, 0.29) is 11.1 Å². The molecule has 10 atom stereocenters. The molecule has 0 bridgehead atoms. The predicted octanol–water partition coefficient (Wildman–Crippen LogP) is 1.17. The summed E-state index contributed by atoms with van der Waals surface area (Å²) in [4.78, 5) is 75.1. The molecular formula is C37H40O21. The standard InChI is InChI=1S/C37H40O21/c1-13-29(51-14(2)38)34(54-17(5)41)35(55-18(6)42)37(50-13)49-12-25-31(52-15(3)39)33(53-16(4)40)28(48)36(57-25)58-32-27(47)26-23(46)10-20(43)11-24(26)56-30(32)19-7-8-21(44)22(45)9-19/h7-11,13,25,28-29,31,33-37,43-46,48H,12H2,1-6H3. The number of ether oxygens (including phenoxy) is 9. The fourth-order valence-electron chi connectivity index (χ4n) is 6.43. The zero-order chi connectivity index (χ0) is 42.7. The van der Waals surface area contributed by atoms with Gasteiger partial charge in [-0.25, -0.2) is 0 Å². The Bertz CT molecular complexity index is 2130. The molecule has 21 heteroatoms. The Morgan fingerprint density at radius 1 is 0.655 bits per heavy atom. The molecule has 3 heterocycles. The van der Waals surface area contributed by atoms with Gasteiger partial charge in [0.25, 0.3) is 0 Å². The zero-order valence-electron chi connectivity index (χ0n) is 31.6. The van der Waals surface area contributed by atoms with Gasteiger partial charge in [-0.05, 0) is 25.1 Å². The van der Waals surface area contributed by atoms with E-state index in [0.29, 0.717) is 0 Å². The molecular weight excluding hydrogens is 780 g/mol. The highest BCUT2D eigenvalue weighted by atomic mass is 16.8. The van der Waals surface area contributed by atoms with E-state index in [1.54, 1.807) is 0 Å². The average Bonchev–Trinajstić information content (AvgIpc) is 3.10. The first-order chi connectivity index (χ1) is 27.2. The van der Waals surface area contributed by atoms with Gasteiger partial charge in [0, 0.05) is 52.3 Å². The molecule has 21 nitrogen and oxygen atoms in total. The van der Waals surface area contributed by atoms with Gasteiger partial charge in [-0.2, -0.15) is 0 Å². The topological polar surface area (TPSA) is 300 Å². The first-order valence-corrected chi connectivity index (χ1v) is 17.4. The predicted molar refractivity (Wildman–Crippen MR) is 188 cm³/mol. The van der Waals surface area contributed by atoms with Crippen LogP contribution in [0.3, 0.4) is 0 Å². The van der Waals surface area contributed by atoms with Gasteiger partial charge in [-0.15, -0.1) is 0 Å². The number of aromatic hydroxyl groups is 4. The molecule has 2 aromatic carbocycles. The normalized spacial score (nSPS) is 26.9. The van der Waals surface area contributed by atoms with Crippen molar-refractivity contribution >= 4 is 40.8 Å². The summed E-state index contributed by atoms with van der Waals surface area (Å²) in [5.41, 5.74) is -1.54. The van der Waals surface area contributed by atoms with Crippen LogP contribution in [0.2, 0.25) is 0 Å². The smallest absolute Gasteiger partial charge is 0.303 e. The number of phenols is 4. The molecule has 5 rings (SSSR count). The quantitative estimate of drug-likeness (QED) is 0.103. The van der Waals surface area contributed by atoms with Crippen molar-refractivity contribution in [3.05, 3.63) is 40.6 Å². The highest BCUT2D eigenvalue weighted by molar-refractivity contribution is 5.88. The second-order valence-electron chi connectivity index (χ2n) is 13.2. The van der Waals surface area contributed by atoms with Crippen molar-refractivity contribution in [2.24, 2.45) is 0 Å². The number of phenolic OH excluding ortho intramolecular Hbond substituents is 4. The molecule has 0 saturated carbocycles. The van der Waals surface area contributed by atoms with E-state index in [2.05, 4.69) is 0 Å². The summed E-state index contributed by atoms with van der Waals surface area (Å²) >= 11 is 0. The van der Waals surface area contributed by atoms with Crippen LogP contribution < -0.4 is 10.2 Å². The second-order valence-corrected chi connectivity index (χ2v) is 13.2. The molecule has 0 amide bonds. The van der Waals surface area contributed by atoms with Gasteiger partial charge in [0.1, 0.15) is 28.6 Å². The van der Waals surface area contributed by atoms with Crippen molar-refractivity contribution in [2.75, 3.05) is 6.61 Å². The lowest BCUT2D eigenvalue weighted by atomic mass is 9.97. The average molecular weight is 821 g/mol. The fourth-order valence-corrected chi connectivity index (χ4v) is 6.43. The molecule has 3 aromatic rings. The van der Waals surface area contributed by atoms with Crippen LogP contribution in [0.1, 0.15) is 41.5 Å². The molecule has 10 unspecified atom stereocenters. The zero-order valence-corrected chi connectivity index (χ0v) is 31.6. The molecule has 0 spiro atoms. The number of benzene rings is 2. The molecule has 2 saturated heterocycles. The molecule has 314 valence electrons. The Morgan fingerprint density at radius 2 is 1.22 bits per heavy atom. The van der Waals surface area contributed by atoms with Gasteiger partial charge in [0.05, 0.1) is 12.7 Å².